The highest BCUT2D eigenvalue weighted by Crippen LogP contribution is 2.26. The molecule has 4 heteroatoms. The van der Waals surface area contributed by atoms with Crippen LogP contribution in [-0.2, 0) is 22.6 Å². The predicted molar refractivity (Wildman–Crippen MR) is 66.4 cm³/mol. The first kappa shape index (κ1) is 12.5. The highest BCUT2D eigenvalue weighted by molar-refractivity contribution is 5.23. The van der Waals surface area contributed by atoms with Gasteiger partial charge in [-0.25, -0.2) is 0 Å². The van der Waals surface area contributed by atoms with Crippen LogP contribution in [0.2, 0.25) is 0 Å². The van der Waals surface area contributed by atoms with Crippen molar-refractivity contribution in [3.8, 4) is 0 Å². The van der Waals surface area contributed by atoms with Gasteiger partial charge >= 0.3 is 0 Å². The molecule has 4 nitrogen and oxygen atoms in total. The first-order valence-corrected chi connectivity index (χ1v) is 5.82. The molecule has 0 unspecified atom stereocenters. The van der Waals surface area contributed by atoms with Crippen molar-refractivity contribution in [1.82, 2.24) is 4.90 Å². The molecule has 0 amide bonds. The number of ether oxygens (including phenoxy) is 2. The number of benzene rings is 1. The highest BCUT2D eigenvalue weighted by atomic mass is 16.7. The van der Waals surface area contributed by atoms with E-state index in [9.17, 15) is 0 Å². The number of hydrogen-bond acceptors (Lipinski definition) is 4. The molecule has 1 fully saturated rings. The zero-order valence-electron chi connectivity index (χ0n) is 10.5. The van der Waals surface area contributed by atoms with Gasteiger partial charge in [-0.1, -0.05) is 24.3 Å². The monoisotopic (exact) mass is 236 g/mol. The number of nitrogens with two attached hydrogens (primary N) is 1. The summed E-state index contributed by atoms with van der Waals surface area (Å²) in [6.07, 6.45) is 0. The van der Waals surface area contributed by atoms with Gasteiger partial charge in [0.2, 0.25) is 0 Å². The molecule has 1 saturated heterocycles. The Bertz CT molecular complexity index is 369. The number of likely N-dealkylation sites (tertiary alicyclic amines) is 1. The van der Waals surface area contributed by atoms with E-state index < -0.39 is 5.79 Å². The molecule has 0 aliphatic carbocycles. The molecular formula is C13H20N2O2. The van der Waals surface area contributed by atoms with Gasteiger partial charge in [0.05, 0.1) is 13.1 Å². The zero-order valence-corrected chi connectivity index (χ0v) is 10.5. The number of nitrogens with zero attached hydrogens (tertiary/aromatic N) is 1. The Kier molecular flexibility index (Phi) is 3.79. The van der Waals surface area contributed by atoms with Crippen molar-refractivity contribution in [2.24, 2.45) is 5.73 Å². The maximum atomic E-state index is 5.63. The molecule has 1 aromatic rings. The Labute approximate surface area is 102 Å². The Morgan fingerprint density at radius 2 is 1.88 bits per heavy atom. The molecule has 0 radical (unpaired) electrons. The van der Waals surface area contributed by atoms with Crippen LogP contribution < -0.4 is 5.73 Å². The summed E-state index contributed by atoms with van der Waals surface area (Å²) >= 11 is 0. The Hall–Kier alpha value is -0.940. The maximum Gasteiger partial charge on any atom is 0.193 e. The molecule has 0 spiro atoms. The van der Waals surface area contributed by atoms with E-state index in [2.05, 4.69) is 23.1 Å². The third-order valence-corrected chi connectivity index (χ3v) is 3.31. The molecule has 0 bridgehead atoms. The van der Waals surface area contributed by atoms with Crippen LogP contribution in [0.3, 0.4) is 0 Å². The molecular weight excluding hydrogens is 216 g/mol. The zero-order chi connectivity index (χ0) is 12.3. The summed E-state index contributed by atoms with van der Waals surface area (Å²) in [6, 6.07) is 8.38. The average molecular weight is 236 g/mol. The van der Waals surface area contributed by atoms with Crippen molar-refractivity contribution in [3.05, 3.63) is 35.4 Å². The lowest BCUT2D eigenvalue weighted by molar-refractivity contribution is -0.277. The molecule has 1 aliphatic heterocycles. The Morgan fingerprint density at radius 3 is 2.47 bits per heavy atom. The summed E-state index contributed by atoms with van der Waals surface area (Å²) < 4.78 is 10.7. The Balaban J connectivity index is 1.91. The second kappa shape index (κ2) is 5.14. The maximum absolute atomic E-state index is 5.63. The lowest BCUT2D eigenvalue weighted by atomic mass is 10.0. The minimum atomic E-state index is -0.397. The molecule has 17 heavy (non-hydrogen) atoms. The van der Waals surface area contributed by atoms with Crippen LogP contribution in [0.4, 0.5) is 0 Å². The predicted octanol–water partition coefficient (Wildman–Crippen LogP) is 0.950. The normalized spacial score (nSPS) is 19.0. The quantitative estimate of drug-likeness (QED) is 0.773. The molecule has 1 heterocycles. The fourth-order valence-electron chi connectivity index (χ4n) is 2.20. The second-order valence-corrected chi connectivity index (χ2v) is 4.49. The van der Waals surface area contributed by atoms with Gasteiger partial charge in [0, 0.05) is 27.3 Å². The first-order chi connectivity index (χ1) is 8.21. The van der Waals surface area contributed by atoms with Crippen molar-refractivity contribution in [2.45, 2.75) is 18.9 Å². The van der Waals surface area contributed by atoms with E-state index in [0.29, 0.717) is 6.54 Å². The number of hydrogen-bond donors (Lipinski definition) is 1. The van der Waals surface area contributed by atoms with Gasteiger partial charge in [-0.05, 0) is 11.1 Å². The number of methoxy groups -OCH3 is 2. The molecule has 0 aromatic heterocycles. The van der Waals surface area contributed by atoms with Gasteiger partial charge in [-0.2, -0.15) is 0 Å². The van der Waals surface area contributed by atoms with Gasteiger partial charge in [-0.15, -0.1) is 0 Å². The van der Waals surface area contributed by atoms with E-state index in [0.717, 1.165) is 19.6 Å². The fourth-order valence-corrected chi connectivity index (χ4v) is 2.20. The van der Waals surface area contributed by atoms with Gasteiger partial charge in [0.1, 0.15) is 0 Å². The first-order valence-electron chi connectivity index (χ1n) is 5.82. The minimum absolute atomic E-state index is 0.397. The van der Waals surface area contributed by atoms with E-state index in [1.807, 2.05) is 6.07 Å². The van der Waals surface area contributed by atoms with Crippen LogP contribution in [0.1, 0.15) is 11.1 Å². The fraction of sp³-hybridized carbons (Fsp3) is 0.538. The van der Waals surface area contributed by atoms with Crippen LogP contribution >= 0.6 is 0 Å². The average Bonchev–Trinajstić information content (AvgIpc) is 2.33. The van der Waals surface area contributed by atoms with Crippen LogP contribution in [-0.4, -0.2) is 38.0 Å². The SMILES string of the molecule is COC1(OC)CN(Cc2cccc(CN)c2)C1. The topological polar surface area (TPSA) is 47.7 Å². The van der Waals surface area contributed by atoms with Crippen molar-refractivity contribution in [1.29, 1.82) is 0 Å². The summed E-state index contributed by atoms with van der Waals surface area (Å²) in [5.41, 5.74) is 8.09. The molecule has 1 aromatic carbocycles. The van der Waals surface area contributed by atoms with Gasteiger partial charge in [0.25, 0.3) is 0 Å². The van der Waals surface area contributed by atoms with Crippen molar-refractivity contribution < 1.29 is 9.47 Å². The molecule has 2 N–H and O–H groups in total. The van der Waals surface area contributed by atoms with Crippen LogP contribution in [0.5, 0.6) is 0 Å². The molecule has 0 saturated carbocycles. The van der Waals surface area contributed by atoms with E-state index in [1.165, 1.54) is 11.1 Å². The summed E-state index contributed by atoms with van der Waals surface area (Å²) in [6.45, 7) is 3.13. The molecule has 1 aliphatic rings. The van der Waals surface area contributed by atoms with Crippen molar-refractivity contribution in [2.75, 3.05) is 27.3 Å². The van der Waals surface area contributed by atoms with Crippen LogP contribution in [0.25, 0.3) is 0 Å². The highest BCUT2D eigenvalue weighted by Gasteiger charge is 2.43. The minimum Gasteiger partial charge on any atom is -0.351 e. The van der Waals surface area contributed by atoms with E-state index in [1.54, 1.807) is 14.2 Å². The second-order valence-electron chi connectivity index (χ2n) is 4.49. The van der Waals surface area contributed by atoms with Crippen molar-refractivity contribution >= 4 is 0 Å². The van der Waals surface area contributed by atoms with Gasteiger partial charge in [-0.3, -0.25) is 4.90 Å². The van der Waals surface area contributed by atoms with E-state index >= 15 is 0 Å². The van der Waals surface area contributed by atoms with Crippen molar-refractivity contribution in [3.63, 3.8) is 0 Å². The van der Waals surface area contributed by atoms with Crippen LogP contribution in [0.15, 0.2) is 24.3 Å². The molecule has 2 rings (SSSR count). The molecule has 0 atom stereocenters. The Morgan fingerprint density at radius 1 is 1.24 bits per heavy atom. The van der Waals surface area contributed by atoms with E-state index in [-0.39, 0.29) is 0 Å². The lowest BCUT2D eigenvalue weighted by Crippen LogP contribution is -2.63. The van der Waals surface area contributed by atoms with Gasteiger partial charge < -0.3 is 15.2 Å². The third kappa shape index (κ3) is 2.66. The largest absolute Gasteiger partial charge is 0.351 e. The third-order valence-electron chi connectivity index (χ3n) is 3.31. The van der Waals surface area contributed by atoms with Gasteiger partial charge in [0.15, 0.2) is 5.79 Å². The smallest absolute Gasteiger partial charge is 0.193 e. The van der Waals surface area contributed by atoms with E-state index in [4.69, 9.17) is 15.2 Å². The molecule has 94 valence electrons. The summed E-state index contributed by atoms with van der Waals surface area (Å²) in [7, 11) is 3.38. The standard InChI is InChI=1S/C13H20N2O2/c1-16-13(17-2)9-15(10-13)8-12-5-3-4-11(6-12)7-14/h3-6H,7-10,14H2,1-2H3. The summed E-state index contributed by atoms with van der Waals surface area (Å²) in [5, 5.41) is 0. The summed E-state index contributed by atoms with van der Waals surface area (Å²) in [4.78, 5) is 2.29. The lowest BCUT2D eigenvalue weighted by Gasteiger charge is -2.47. The van der Waals surface area contributed by atoms with Crippen LogP contribution in [0, 0.1) is 0 Å². The summed E-state index contributed by atoms with van der Waals surface area (Å²) in [5.74, 6) is -0.397. The number of rotatable bonds is 5.